The quantitative estimate of drug-likeness (QED) is 0.504. The molecule has 0 aliphatic rings. The van der Waals surface area contributed by atoms with Crippen molar-refractivity contribution in [3.63, 3.8) is 0 Å². The number of halogens is 3. The molecular formula is C14H10F3N3O4. The SMILES string of the molecule is Nc1ccc(C(=O)Nc2ccc(OC(F)(F)F)cc2)cc1[N+](=O)[O-]. The number of hydrogen-bond donors (Lipinski definition) is 2. The highest BCUT2D eigenvalue weighted by atomic mass is 19.4. The van der Waals surface area contributed by atoms with E-state index in [4.69, 9.17) is 5.73 Å². The van der Waals surface area contributed by atoms with Crippen molar-refractivity contribution in [1.82, 2.24) is 0 Å². The molecule has 24 heavy (non-hydrogen) atoms. The number of rotatable bonds is 4. The summed E-state index contributed by atoms with van der Waals surface area (Å²) in [6.45, 7) is 0. The lowest BCUT2D eigenvalue weighted by molar-refractivity contribution is -0.383. The summed E-state index contributed by atoms with van der Waals surface area (Å²) in [4.78, 5) is 22.1. The molecule has 126 valence electrons. The molecule has 0 aliphatic carbocycles. The average Bonchev–Trinajstić information content (AvgIpc) is 2.48. The van der Waals surface area contributed by atoms with Gasteiger partial charge in [0.25, 0.3) is 11.6 Å². The van der Waals surface area contributed by atoms with Crippen LogP contribution in [0.3, 0.4) is 0 Å². The lowest BCUT2D eigenvalue weighted by Gasteiger charge is -2.10. The van der Waals surface area contributed by atoms with Gasteiger partial charge in [-0.25, -0.2) is 0 Å². The van der Waals surface area contributed by atoms with Crippen molar-refractivity contribution in [2.24, 2.45) is 0 Å². The number of nitro benzene ring substituents is 1. The number of carbonyl (C=O) groups excluding carboxylic acids is 1. The van der Waals surface area contributed by atoms with E-state index < -0.39 is 28.6 Å². The maximum Gasteiger partial charge on any atom is 0.573 e. The molecule has 0 heterocycles. The lowest BCUT2D eigenvalue weighted by Crippen LogP contribution is -2.17. The van der Waals surface area contributed by atoms with Crippen LogP contribution in [0.15, 0.2) is 42.5 Å². The highest BCUT2D eigenvalue weighted by Gasteiger charge is 2.31. The molecule has 10 heteroatoms. The van der Waals surface area contributed by atoms with E-state index in [1.165, 1.54) is 24.3 Å². The van der Waals surface area contributed by atoms with Crippen molar-refractivity contribution in [2.75, 3.05) is 11.1 Å². The van der Waals surface area contributed by atoms with Crippen LogP contribution in [0.2, 0.25) is 0 Å². The molecule has 0 unspecified atom stereocenters. The van der Waals surface area contributed by atoms with Crippen LogP contribution in [0.25, 0.3) is 0 Å². The average molecular weight is 341 g/mol. The van der Waals surface area contributed by atoms with Gasteiger partial charge in [-0.3, -0.25) is 14.9 Å². The molecule has 2 rings (SSSR count). The first-order chi connectivity index (χ1) is 11.2. The molecule has 1 amide bonds. The smallest absolute Gasteiger partial charge is 0.406 e. The van der Waals surface area contributed by atoms with Crippen molar-refractivity contribution in [2.45, 2.75) is 6.36 Å². The van der Waals surface area contributed by atoms with Gasteiger partial charge < -0.3 is 15.8 Å². The lowest BCUT2D eigenvalue weighted by atomic mass is 10.1. The number of nitrogens with two attached hydrogens (primary N) is 1. The van der Waals surface area contributed by atoms with Crippen molar-refractivity contribution >= 4 is 23.0 Å². The third-order valence-electron chi connectivity index (χ3n) is 2.84. The van der Waals surface area contributed by atoms with Crippen LogP contribution in [0.1, 0.15) is 10.4 Å². The number of benzene rings is 2. The summed E-state index contributed by atoms with van der Waals surface area (Å²) in [6.07, 6.45) is -4.81. The Labute approximate surface area is 133 Å². The Kier molecular flexibility index (Phi) is 4.58. The van der Waals surface area contributed by atoms with Gasteiger partial charge in [-0.2, -0.15) is 0 Å². The maximum absolute atomic E-state index is 12.1. The number of alkyl halides is 3. The maximum atomic E-state index is 12.1. The summed E-state index contributed by atoms with van der Waals surface area (Å²) in [6, 6.07) is 7.95. The number of nitrogens with one attached hydrogen (secondary N) is 1. The predicted octanol–water partition coefficient (Wildman–Crippen LogP) is 3.33. The zero-order valence-electron chi connectivity index (χ0n) is 11.8. The van der Waals surface area contributed by atoms with Gasteiger partial charge in [0, 0.05) is 17.3 Å². The molecule has 0 aromatic heterocycles. The van der Waals surface area contributed by atoms with Gasteiger partial charge in [-0.05, 0) is 36.4 Å². The number of nitrogen functional groups attached to an aromatic ring is 1. The monoisotopic (exact) mass is 341 g/mol. The van der Waals surface area contributed by atoms with Crippen LogP contribution in [0, 0.1) is 10.1 Å². The third-order valence-corrected chi connectivity index (χ3v) is 2.84. The number of ether oxygens (including phenoxy) is 1. The van der Waals surface area contributed by atoms with E-state index in [-0.39, 0.29) is 16.9 Å². The first kappa shape index (κ1) is 17.1. The largest absolute Gasteiger partial charge is 0.573 e. The zero-order valence-corrected chi connectivity index (χ0v) is 11.8. The molecule has 0 atom stereocenters. The number of nitro groups is 1. The number of nitrogens with zero attached hydrogens (tertiary/aromatic N) is 1. The summed E-state index contributed by atoms with van der Waals surface area (Å²) in [5.41, 5.74) is 5.09. The Balaban J connectivity index is 2.12. The molecule has 3 N–H and O–H groups in total. The number of anilines is 2. The molecule has 0 saturated heterocycles. The second kappa shape index (κ2) is 6.44. The zero-order chi connectivity index (χ0) is 17.9. The van der Waals surface area contributed by atoms with Gasteiger partial charge in [0.15, 0.2) is 0 Å². The van der Waals surface area contributed by atoms with E-state index in [1.54, 1.807) is 0 Å². The van der Waals surface area contributed by atoms with Gasteiger partial charge in [-0.15, -0.1) is 13.2 Å². The highest BCUT2D eigenvalue weighted by Crippen LogP contribution is 2.25. The van der Waals surface area contributed by atoms with Gasteiger partial charge in [0.05, 0.1) is 4.92 Å². The molecule has 2 aromatic rings. The summed E-state index contributed by atoms with van der Waals surface area (Å²) in [7, 11) is 0. The van der Waals surface area contributed by atoms with E-state index in [2.05, 4.69) is 10.1 Å². The minimum Gasteiger partial charge on any atom is -0.406 e. The topological polar surface area (TPSA) is 107 Å². The number of amides is 1. The highest BCUT2D eigenvalue weighted by molar-refractivity contribution is 6.05. The Morgan fingerprint density at radius 3 is 2.33 bits per heavy atom. The summed E-state index contributed by atoms with van der Waals surface area (Å²) in [5, 5.41) is 13.2. The van der Waals surface area contributed by atoms with Gasteiger partial charge in [0.2, 0.25) is 0 Å². The first-order valence-corrected chi connectivity index (χ1v) is 6.37. The van der Waals surface area contributed by atoms with Gasteiger partial charge in [-0.1, -0.05) is 0 Å². The second-order valence-corrected chi connectivity index (χ2v) is 4.56. The van der Waals surface area contributed by atoms with Crippen LogP contribution < -0.4 is 15.8 Å². The Morgan fingerprint density at radius 2 is 1.79 bits per heavy atom. The standard InChI is InChI=1S/C14H10F3N3O4/c15-14(16,17)24-10-4-2-9(3-5-10)19-13(21)8-1-6-11(18)12(7-8)20(22)23/h1-7H,18H2,(H,19,21). The first-order valence-electron chi connectivity index (χ1n) is 6.37. The van der Waals surface area contributed by atoms with Gasteiger partial charge >= 0.3 is 6.36 Å². The minimum atomic E-state index is -4.81. The van der Waals surface area contributed by atoms with E-state index in [1.807, 2.05) is 0 Å². The molecule has 2 aromatic carbocycles. The number of hydrogen-bond acceptors (Lipinski definition) is 5. The minimum absolute atomic E-state index is 0.0217. The summed E-state index contributed by atoms with van der Waals surface area (Å²) < 4.78 is 39.9. The predicted molar refractivity (Wildman–Crippen MR) is 78.6 cm³/mol. The molecule has 0 spiro atoms. The number of carbonyl (C=O) groups is 1. The fraction of sp³-hybridized carbons (Fsp3) is 0.0714. The molecule has 0 bridgehead atoms. The van der Waals surface area contributed by atoms with Crippen molar-refractivity contribution < 1.29 is 27.6 Å². The Morgan fingerprint density at radius 1 is 1.17 bits per heavy atom. The Hall–Kier alpha value is -3.30. The van der Waals surface area contributed by atoms with E-state index in [9.17, 15) is 28.1 Å². The van der Waals surface area contributed by atoms with Crippen molar-refractivity contribution in [3.8, 4) is 5.75 Å². The normalized spacial score (nSPS) is 11.0. The van der Waals surface area contributed by atoms with Crippen LogP contribution in [0.4, 0.5) is 30.2 Å². The summed E-state index contributed by atoms with van der Waals surface area (Å²) in [5.74, 6) is -1.12. The molecule has 7 nitrogen and oxygen atoms in total. The molecule has 0 fully saturated rings. The second-order valence-electron chi connectivity index (χ2n) is 4.56. The van der Waals surface area contributed by atoms with Crippen LogP contribution in [-0.2, 0) is 0 Å². The fourth-order valence-electron chi connectivity index (χ4n) is 1.79. The van der Waals surface area contributed by atoms with E-state index in [0.717, 1.165) is 18.2 Å². The van der Waals surface area contributed by atoms with Crippen molar-refractivity contribution in [3.05, 3.63) is 58.1 Å². The van der Waals surface area contributed by atoms with Crippen LogP contribution in [-0.4, -0.2) is 17.2 Å². The molecule has 0 radical (unpaired) electrons. The molecule has 0 saturated carbocycles. The van der Waals surface area contributed by atoms with E-state index in [0.29, 0.717) is 0 Å². The van der Waals surface area contributed by atoms with Crippen LogP contribution in [0.5, 0.6) is 5.75 Å². The summed E-state index contributed by atoms with van der Waals surface area (Å²) >= 11 is 0. The molecular weight excluding hydrogens is 331 g/mol. The van der Waals surface area contributed by atoms with E-state index >= 15 is 0 Å². The molecule has 0 aliphatic heterocycles. The van der Waals surface area contributed by atoms with Crippen molar-refractivity contribution in [1.29, 1.82) is 0 Å². The van der Waals surface area contributed by atoms with Crippen LogP contribution >= 0.6 is 0 Å². The fourth-order valence-corrected chi connectivity index (χ4v) is 1.79. The van der Waals surface area contributed by atoms with Gasteiger partial charge in [0.1, 0.15) is 11.4 Å². The Bertz CT molecular complexity index is 776. The third kappa shape index (κ3) is 4.35.